The quantitative estimate of drug-likeness (QED) is 0.787. The van der Waals surface area contributed by atoms with Crippen molar-refractivity contribution in [3.63, 3.8) is 0 Å². The number of alkyl halides is 3. The third kappa shape index (κ3) is 3.80. The van der Waals surface area contributed by atoms with Gasteiger partial charge < -0.3 is 5.32 Å². The number of ketones is 1. The standard InChI is InChI=1S/C9H7F3N2O/c10-9(11,12)8(15)3-5-14-7-2-1-4-13-6-7/h1-6,14H. The van der Waals surface area contributed by atoms with Gasteiger partial charge in [-0.05, 0) is 12.1 Å². The van der Waals surface area contributed by atoms with E-state index < -0.39 is 12.0 Å². The number of aromatic nitrogens is 1. The van der Waals surface area contributed by atoms with Crippen LogP contribution < -0.4 is 5.32 Å². The molecule has 0 saturated heterocycles. The number of hydrogen-bond acceptors (Lipinski definition) is 3. The van der Waals surface area contributed by atoms with Crippen LogP contribution in [0.1, 0.15) is 0 Å². The molecule has 0 spiro atoms. The van der Waals surface area contributed by atoms with E-state index in [0.717, 1.165) is 6.20 Å². The molecule has 0 fully saturated rings. The monoisotopic (exact) mass is 216 g/mol. The van der Waals surface area contributed by atoms with Crippen LogP contribution in [0, 0.1) is 0 Å². The molecule has 6 heteroatoms. The fraction of sp³-hybridized carbons (Fsp3) is 0.111. The molecule has 15 heavy (non-hydrogen) atoms. The SMILES string of the molecule is O=C(C=CNc1cccnc1)C(F)(F)F. The summed E-state index contributed by atoms with van der Waals surface area (Å²) in [5.41, 5.74) is 0.503. The number of carbonyl (C=O) groups excluding carboxylic acids is 1. The van der Waals surface area contributed by atoms with E-state index in [1.165, 1.54) is 12.4 Å². The maximum absolute atomic E-state index is 11.7. The van der Waals surface area contributed by atoms with Crippen LogP contribution in [0.5, 0.6) is 0 Å². The summed E-state index contributed by atoms with van der Waals surface area (Å²) >= 11 is 0. The highest BCUT2D eigenvalue weighted by Crippen LogP contribution is 2.16. The normalized spacial score (nSPS) is 11.7. The van der Waals surface area contributed by atoms with Crippen molar-refractivity contribution in [2.75, 3.05) is 5.32 Å². The molecule has 3 nitrogen and oxygen atoms in total. The minimum Gasteiger partial charge on any atom is -0.360 e. The molecule has 0 saturated carbocycles. The lowest BCUT2D eigenvalue weighted by atomic mass is 10.3. The molecule has 0 bridgehead atoms. The summed E-state index contributed by atoms with van der Waals surface area (Å²) in [6, 6.07) is 3.22. The first-order valence-corrected chi connectivity index (χ1v) is 3.94. The van der Waals surface area contributed by atoms with E-state index in [-0.39, 0.29) is 0 Å². The van der Waals surface area contributed by atoms with Crippen LogP contribution in [0.4, 0.5) is 18.9 Å². The van der Waals surface area contributed by atoms with Crippen LogP contribution >= 0.6 is 0 Å². The van der Waals surface area contributed by atoms with Gasteiger partial charge in [-0.3, -0.25) is 9.78 Å². The van der Waals surface area contributed by atoms with Crippen LogP contribution in [-0.4, -0.2) is 16.9 Å². The first kappa shape index (κ1) is 11.2. The number of allylic oxidation sites excluding steroid dienone is 1. The third-order valence-corrected chi connectivity index (χ3v) is 1.43. The molecule has 1 rings (SSSR count). The highest BCUT2D eigenvalue weighted by Gasteiger charge is 2.35. The number of anilines is 1. The Morgan fingerprint density at radius 1 is 1.47 bits per heavy atom. The van der Waals surface area contributed by atoms with E-state index in [2.05, 4.69) is 10.3 Å². The van der Waals surface area contributed by atoms with E-state index in [1.807, 2.05) is 0 Å². The molecule has 1 aromatic heterocycles. The molecule has 0 aliphatic carbocycles. The average molecular weight is 216 g/mol. The zero-order valence-corrected chi connectivity index (χ0v) is 7.45. The van der Waals surface area contributed by atoms with Gasteiger partial charge >= 0.3 is 6.18 Å². The van der Waals surface area contributed by atoms with Gasteiger partial charge in [0.2, 0.25) is 0 Å². The third-order valence-electron chi connectivity index (χ3n) is 1.43. The minimum absolute atomic E-state index is 0.424. The van der Waals surface area contributed by atoms with Crippen molar-refractivity contribution < 1.29 is 18.0 Å². The number of rotatable bonds is 3. The summed E-state index contributed by atoms with van der Waals surface area (Å²) in [6.45, 7) is 0. The maximum Gasteiger partial charge on any atom is 0.454 e. The fourth-order valence-corrected chi connectivity index (χ4v) is 0.756. The Balaban J connectivity index is 2.51. The molecule has 1 N–H and O–H groups in total. The summed E-state index contributed by atoms with van der Waals surface area (Å²) in [7, 11) is 0. The smallest absolute Gasteiger partial charge is 0.360 e. The molecule has 0 aliphatic heterocycles. The van der Waals surface area contributed by atoms with Gasteiger partial charge in [-0.1, -0.05) is 0 Å². The lowest BCUT2D eigenvalue weighted by Crippen LogP contribution is -2.20. The van der Waals surface area contributed by atoms with Crippen molar-refractivity contribution in [1.29, 1.82) is 0 Å². The maximum atomic E-state index is 11.7. The lowest BCUT2D eigenvalue weighted by molar-refractivity contribution is -0.165. The number of halogens is 3. The van der Waals surface area contributed by atoms with Crippen LogP contribution in [-0.2, 0) is 4.79 Å². The van der Waals surface area contributed by atoms with Crippen molar-refractivity contribution >= 4 is 11.5 Å². The first-order valence-electron chi connectivity index (χ1n) is 3.94. The van der Waals surface area contributed by atoms with Gasteiger partial charge in [-0.25, -0.2) is 0 Å². The van der Waals surface area contributed by atoms with Crippen LogP contribution in [0.15, 0.2) is 36.8 Å². The summed E-state index contributed by atoms with van der Waals surface area (Å²) < 4.78 is 35.2. The Bertz CT molecular complexity index is 359. The number of hydrogen-bond donors (Lipinski definition) is 1. The van der Waals surface area contributed by atoms with Crippen molar-refractivity contribution in [3.8, 4) is 0 Å². The number of carbonyl (C=O) groups is 1. The van der Waals surface area contributed by atoms with Gasteiger partial charge in [-0.2, -0.15) is 13.2 Å². The number of pyridine rings is 1. The molecule has 0 unspecified atom stereocenters. The highest BCUT2D eigenvalue weighted by molar-refractivity contribution is 5.94. The Labute approximate surface area is 83.6 Å². The van der Waals surface area contributed by atoms with Gasteiger partial charge in [-0.15, -0.1) is 0 Å². The fourth-order valence-electron chi connectivity index (χ4n) is 0.756. The van der Waals surface area contributed by atoms with E-state index in [4.69, 9.17) is 0 Å². The van der Waals surface area contributed by atoms with Crippen LogP contribution in [0.3, 0.4) is 0 Å². The Morgan fingerprint density at radius 3 is 2.73 bits per heavy atom. The lowest BCUT2D eigenvalue weighted by Gasteiger charge is -2.00. The Hall–Kier alpha value is -1.85. The van der Waals surface area contributed by atoms with Crippen molar-refractivity contribution in [2.45, 2.75) is 6.18 Å². The predicted molar refractivity (Wildman–Crippen MR) is 48.1 cm³/mol. The molecule has 0 aromatic carbocycles. The molecule has 0 radical (unpaired) electrons. The molecule has 0 aliphatic rings. The van der Waals surface area contributed by atoms with Gasteiger partial charge in [0.25, 0.3) is 5.78 Å². The van der Waals surface area contributed by atoms with Gasteiger partial charge in [0.1, 0.15) is 0 Å². The van der Waals surface area contributed by atoms with Crippen molar-refractivity contribution in [2.24, 2.45) is 0 Å². The summed E-state index contributed by atoms with van der Waals surface area (Å²) in [5.74, 6) is -1.90. The average Bonchev–Trinajstić information content (AvgIpc) is 2.18. The summed E-state index contributed by atoms with van der Waals surface area (Å²) in [6.07, 6.45) is -0.537. The van der Waals surface area contributed by atoms with E-state index in [9.17, 15) is 18.0 Å². The molecular weight excluding hydrogens is 209 g/mol. The van der Waals surface area contributed by atoms with Crippen molar-refractivity contribution in [1.82, 2.24) is 4.98 Å². The van der Waals surface area contributed by atoms with E-state index in [1.54, 1.807) is 12.1 Å². The van der Waals surface area contributed by atoms with Gasteiger partial charge in [0.15, 0.2) is 0 Å². The van der Waals surface area contributed by atoms with E-state index in [0.29, 0.717) is 11.8 Å². The molecule has 80 valence electrons. The Kier molecular flexibility index (Phi) is 3.43. The number of nitrogens with one attached hydrogen (secondary N) is 1. The minimum atomic E-state index is -4.83. The second-order valence-corrected chi connectivity index (χ2v) is 2.58. The van der Waals surface area contributed by atoms with Crippen molar-refractivity contribution in [3.05, 3.63) is 36.8 Å². The number of nitrogens with zero attached hydrogens (tertiary/aromatic N) is 1. The second-order valence-electron chi connectivity index (χ2n) is 2.58. The summed E-state index contributed by atoms with van der Waals surface area (Å²) in [5, 5.41) is 2.48. The van der Waals surface area contributed by atoms with Gasteiger partial charge in [0.05, 0.1) is 11.9 Å². The topological polar surface area (TPSA) is 42.0 Å². The predicted octanol–water partition coefficient (Wildman–Crippen LogP) is 2.14. The zero-order chi connectivity index (χ0) is 11.3. The van der Waals surface area contributed by atoms with E-state index >= 15 is 0 Å². The largest absolute Gasteiger partial charge is 0.454 e. The molecule has 0 atom stereocenters. The first-order chi connectivity index (χ1) is 7.00. The Morgan fingerprint density at radius 2 is 2.20 bits per heavy atom. The highest BCUT2D eigenvalue weighted by atomic mass is 19.4. The van der Waals surface area contributed by atoms with Crippen LogP contribution in [0.2, 0.25) is 0 Å². The molecule has 0 amide bonds. The zero-order valence-electron chi connectivity index (χ0n) is 7.45. The molecular formula is C9H7F3N2O. The molecule has 1 aromatic rings. The van der Waals surface area contributed by atoms with Gasteiger partial charge in [0, 0.05) is 18.5 Å². The van der Waals surface area contributed by atoms with Crippen LogP contribution in [0.25, 0.3) is 0 Å². The second kappa shape index (κ2) is 4.59. The molecule has 1 heterocycles. The summed E-state index contributed by atoms with van der Waals surface area (Å²) in [4.78, 5) is 14.1.